The summed E-state index contributed by atoms with van der Waals surface area (Å²) in [5.74, 6) is 1.83. The Morgan fingerprint density at radius 3 is 2.85 bits per heavy atom. The third kappa shape index (κ3) is 2.84. The zero-order valence-electron chi connectivity index (χ0n) is 7.09. The van der Waals surface area contributed by atoms with Crippen LogP contribution < -0.4 is 4.74 Å². The molecule has 1 aliphatic carbocycles. The minimum atomic E-state index is 0.819. The Hall–Kier alpha value is 0.230. The minimum absolute atomic E-state index is 0.819. The molecule has 0 bridgehead atoms. The van der Waals surface area contributed by atoms with E-state index in [9.17, 15) is 0 Å². The largest absolute Gasteiger partial charge is 0.492 e. The van der Waals surface area contributed by atoms with Crippen LogP contribution in [0, 0.1) is 9.49 Å². The van der Waals surface area contributed by atoms with Crippen LogP contribution in [0.4, 0.5) is 0 Å². The SMILES string of the molecule is Brc1ccc(OCC2CC2)c(I)c1. The van der Waals surface area contributed by atoms with Crippen LogP contribution in [0.5, 0.6) is 5.75 Å². The van der Waals surface area contributed by atoms with E-state index in [2.05, 4.69) is 44.6 Å². The molecule has 0 atom stereocenters. The van der Waals surface area contributed by atoms with Gasteiger partial charge in [-0.15, -0.1) is 0 Å². The zero-order chi connectivity index (χ0) is 9.26. The summed E-state index contributed by atoms with van der Waals surface area (Å²) in [6.07, 6.45) is 2.68. The molecule has 1 aromatic rings. The van der Waals surface area contributed by atoms with Gasteiger partial charge in [-0.25, -0.2) is 0 Å². The van der Waals surface area contributed by atoms with Crippen molar-refractivity contribution in [3.05, 3.63) is 26.2 Å². The van der Waals surface area contributed by atoms with Gasteiger partial charge in [0.15, 0.2) is 0 Å². The third-order valence-corrected chi connectivity index (χ3v) is 3.40. The molecular formula is C10H10BrIO. The van der Waals surface area contributed by atoms with E-state index in [1.54, 1.807) is 0 Å². The Balaban J connectivity index is 2.01. The van der Waals surface area contributed by atoms with Gasteiger partial charge in [-0.05, 0) is 59.5 Å². The maximum Gasteiger partial charge on any atom is 0.132 e. The van der Waals surface area contributed by atoms with Gasteiger partial charge in [0.2, 0.25) is 0 Å². The lowest BCUT2D eigenvalue weighted by atomic mass is 10.3. The highest BCUT2D eigenvalue weighted by atomic mass is 127. The Kier molecular flexibility index (Phi) is 3.14. The number of hydrogen-bond donors (Lipinski definition) is 0. The van der Waals surface area contributed by atoms with Gasteiger partial charge in [-0.3, -0.25) is 0 Å². The molecule has 0 saturated heterocycles. The predicted molar refractivity (Wildman–Crippen MR) is 65.1 cm³/mol. The van der Waals surface area contributed by atoms with Crippen molar-refractivity contribution in [1.82, 2.24) is 0 Å². The van der Waals surface area contributed by atoms with Crippen molar-refractivity contribution in [2.24, 2.45) is 5.92 Å². The van der Waals surface area contributed by atoms with Gasteiger partial charge < -0.3 is 4.74 Å². The molecule has 70 valence electrons. The molecule has 0 unspecified atom stereocenters. The van der Waals surface area contributed by atoms with Gasteiger partial charge in [0, 0.05) is 4.47 Å². The standard InChI is InChI=1S/C10H10BrIO/c11-8-3-4-10(9(12)5-8)13-6-7-1-2-7/h3-5,7H,1-2,6H2. The topological polar surface area (TPSA) is 9.23 Å². The van der Waals surface area contributed by atoms with Crippen LogP contribution in [-0.4, -0.2) is 6.61 Å². The molecule has 0 spiro atoms. The highest BCUT2D eigenvalue weighted by molar-refractivity contribution is 14.1. The quantitative estimate of drug-likeness (QED) is 0.751. The Bertz CT molecular complexity index is 310. The van der Waals surface area contributed by atoms with E-state index in [0.29, 0.717) is 0 Å². The highest BCUT2D eigenvalue weighted by Gasteiger charge is 2.22. The zero-order valence-corrected chi connectivity index (χ0v) is 10.8. The first kappa shape index (κ1) is 9.77. The summed E-state index contributed by atoms with van der Waals surface area (Å²) in [4.78, 5) is 0. The van der Waals surface area contributed by atoms with Crippen molar-refractivity contribution in [3.8, 4) is 5.75 Å². The Labute approximate surface area is 100 Å². The molecule has 1 nitrogen and oxygen atoms in total. The van der Waals surface area contributed by atoms with Gasteiger partial charge in [0.25, 0.3) is 0 Å². The van der Waals surface area contributed by atoms with E-state index in [1.807, 2.05) is 12.1 Å². The van der Waals surface area contributed by atoms with Crippen LogP contribution in [0.15, 0.2) is 22.7 Å². The first-order valence-corrected chi connectivity index (χ1v) is 6.21. The summed E-state index contributed by atoms with van der Waals surface area (Å²) in [6, 6.07) is 6.11. The van der Waals surface area contributed by atoms with Crippen molar-refractivity contribution in [1.29, 1.82) is 0 Å². The number of ether oxygens (including phenoxy) is 1. The van der Waals surface area contributed by atoms with Crippen LogP contribution in [-0.2, 0) is 0 Å². The Morgan fingerprint density at radius 2 is 2.23 bits per heavy atom. The fourth-order valence-corrected chi connectivity index (χ4v) is 2.54. The van der Waals surface area contributed by atoms with Crippen molar-refractivity contribution < 1.29 is 4.74 Å². The number of hydrogen-bond acceptors (Lipinski definition) is 1. The van der Waals surface area contributed by atoms with Crippen molar-refractivity contribution in [2.75, 3.05) is 6.61 Å². The average Bonchev–Trinajstić information content (AvgIpc) is 2.86. The van der Waals surface area contributed by atoms with Crippen molar-refractivity contribution >= 4 is 38.5 Å². The molecule has 0 aromatic heterocycles. The van der Waals surface area contributed by atoms with E-state index in [-0.39, 0.29) is 0 Å². The van der Waals surface area contributed by atoms with Crippen LogP contribution in [0.3, 0.4) is 0 Å². The fourth-order valence-electron chi connectivity index (χ4n) is 1.08. The fraction of sp³-hybridized carbons (Fsp3) is 0.400. The maximum absolute atomic E-state index is 5.69. The molecule has 3 heteroatoms. The molecule has 0 radical (unpaired) electrons. The molecule has 1 saturated carbocycles. The molecule has 0 aliphatic heterocycles. The molecule has 0 amide bonds. The second-order valence-electron chi connectivity index (χ2n) is 3.33. The second kappa shape index (κ2) is 4.17. The summed E-state index contributed by atoms with van der Waals surface area (Å²) >= 11 is 5.73. The third-order valence-electron chi connectivity index (χ3n) is 2.07. The lowest BCUT2D eigenvalue weighted by Gasteiger charge is -2.07. The van der Waals surface area contributed by atoms with Gasteiger partial charge in [0.05, 0.1) is 10.2 Å². The van der Waals surface area contributed by atoms with Gasteiger partial charge >= 0.3 is 0 Å². The van der Waals surface area contributed by atoms with E-state index in [0.717, 1.165) is 22.7 Å². The molecule has 1 aliphatic rings. The highest BCUT2D eigenvalue weighted by Crippen LogP contribution is 2.31. The molecule has 0 N–H and O–H groups in total. The van der Waals surface area contributed by atoms with Gasteiger partial charge in [0.1, 0.15) is 5.75 Å². The summed E-state index contributed by atoms with van der Waals surface area (Å²) < 4.78 is 7.97. The summed E-state index contributed by atoms with van der Waals surface area (Å²) in [5.41, 5.74) is 0. The molecule has 2 rings (SSSR count). The normalized spacial score (nSPS) is 15.8. The number of halogens is 2. The second-order valence-corrected chi connectivity index (χ2v) is 5.41. The lowest BCUT2D eigenvalue weighted by molar-refractivity contribution is 0.297. The summed E-state index contributed by atoms with van der Waals surface area (Å²) in [6.45, 7) is 0.887. The smallest absolute Gasteiger partial charge is 0.132 e. The predicted octanol–water partition coefficient (Wildman–Crippen LogP) is 3.84. The molecule has 13 heavy (non-hydrogen) atoms. The first-order valence-electron chi connectivity index (χ1n) is 4.33. The molecule has 0 heterocycles. The summed E-state index contributed by atoms with van der Waals surface area (Å²) in [7, 11) is 0. The summed E-state index contributed by atoms with van der Waals surface area (Å²) in [5, 5.41) is 0. The number of benzene rings is 1. The average molecular weight is 353 g/mol. The minimum Gasteiger partial charge on any atom is -0.492 e. The molecular weight excluding hydrogens is 343 g/mol. The molecule has 1 fully saturated rings. The van der Waals surface area contributed by atoms with Crippen LogP contribution in [0.1, 0.15) is 12.8 Å². The van der Waals surface area contributed by atoms with E-state index in [1.165, 1.54) is 16.4 Å². The van der Waals surface area contributed by atoms with Crippen LogP contribution >= 0.6 is 38.5 Å². The van der Waals surface area contributed by atoms with Gasteiger partial charge in [-0.2, -0.15) is 0 Å². The van der Waals surface area contributed by atoms with E-state index in [4.69, 9.17) is 4.74 Å². The van der Waals surface area contributed by atoms with Gasteiger partial charge in [-0.1, -0.05) is 15.9 Å². The Morgan fingerprint density at radius 1 is 1.46 bits per heavy atom. The van der Waals surface area contributed by atoms with Crippen LogP contribution in [0.25, 0.3) is 0 Å². The van der Waals surface area contributed by atoms with Crippen molar-refractivity contribution in [3.63, 3.8) is 0 Å². The molecule has 1 aromatic carbocycles. The van der Waals surface area contributed by atoms with E-state index < -0.39 is 0 Å². The maximum atomic E-state index is 5.69. The van der Waals surface area contributed by atoms with Crippen LogP contribution in [0.2, 0.25) is 0 Å². The van der Waals surface area contributed by atoms with E-state index >= 15 is 0 Å². The monoisotopic (exact) mass is 352 g/mol. The number of rotatable bonds is 3. The lowest BCUT2D eigenvalue weighted by Crippen LogP contribution is -2.00. The van der Waals surface area contributed by atoms with Crippen molar-refractivity contribution in [2.45, 2.75) is 12.8 Å². The first-order chi connectivity index (χ1) is 6.25.